The van der Waals surface area contributed by atoms with Crippen LogP contribution >= 0.6 is 0 Å². The number of hydrogen-bond acceptors (Lipinski definition) is 4. The highest BCUT2D eigenvalue weighted by Gasteiger charge is 2.16. The SMILES string of the molecule is Cc1ccc(Oc2nc3cc(-c4ccc(C5C=CC(C(=O)O)=CC5)cc4)c(F)cc3[nH]2)cc1C(=O)O. The lowest BCUT2D eigenvalue weighted by atomic mass is 9.89. The molecule has 0 saturated carbocycles. The van der Waals surface area contributed by atoms with Gasteiger partial charge in [-0.15, -0.1) is 0 Å². The van der Waals surface area contributed by atoms with E-state index in [0.717, 1.165) is 5.56 Å². The van der Waals surface area contributed by atoms with Crippen LogP contribution in [0.2, 0.25) is 0 Å². The highest BCUT2D eigenvalue weighted by atomic mass is 19.1. The molecule has 5 rings (SSSR count). The molecule has 0 bridgehead atoms. The first-order valence-electron chi connectivity index (χ1n) is 11.2. The Labute approximate surface area is 205 Å². The number of hydrogen-bond donors (Lipinski definition) is 3. The van der Waals surface area contributed by atoms with Gasteiger partial charge >= 0.3 is 11.9 Å². The van der Waals surface area contributed by atoms with Crippen molar-refractivity contribution in [1.82, 2.24) is 9.97 Å². The molecule has 0 saturated heterocycles. The molecule has 3 N–H and O–H groups in total. The number of aromatic nitrogens is 2. The lowest BCUT2D eigenvalue weighted by Crippen LogP contribution is -2.04. The molecular weight excluding hydrogens is 463 g/mol. The maximum absolute atomic E-state index is 15.0. The van der Waals surface area contributed by atoms with E-state index in [0.29, 0.717) is 39.9 Å². The fraction of sp³-hybridized carbons (Fsp3) is 0.107. The van der Waals surface area contributed by atoms with Crippen LogP contribution in [0.5, 0.6) is 11.8 Å². The summed E-state index contributed by atoms with van der Waals surface area (Å²) in [5.41, 5.74) is 4.02. The summed E-state index contributed by atoms with van der Waals surface area (Å²) in [5.74, 6) is -2.07. The largest absolute Gasteiger partial charge is 0.478 e. The number of carbonyl (C=O) groups is 2. The van der Waals surface area contributed by atoms with E-state index in [1.165, 1.54) is 12.1 Å². The number of aryl methyl sites for hydroxylation is 1. The normalized spacial score (nSPS) is 15.1. The minimum absolute atomic E-state index is 0.0592. The van der Waals surface area contributed by atoms with Crippen molar-refractivity contribution in [1.29, 1.82) is 0 Å². The number of rotatable bonds is 6. The van der Waals surface area contributed by atoms with Gasteiger partial charge in [-0.2, -0.15) is 4.98 Å². The predicted octanol–water partition coefficient (Wildman–Crippen LogP) is 6.22. The molecule has 3 aromatic carbocycles. The van der Waals surface area contributed by atoms with Gasteiger partial charge in [0.1, 0.15) is 11.6 Å². The molecule has 1 aromatic heterocycles. The maximum atomic E-state index is 15.0. The van der Waals surface area contributed by atoms with E-state index in [2.05, 4.69) is 9.97 Å². The zero-order chi connectivity index (χ0) is 25.4. The number of H-pyrrole nitrogens is 1. The van der Waals surface area contributed by atoms with Gasteiger partial charge in [0.05, 0.1) is 22.2 Å². The summed E-state index contributed by atoms with van der Waals surface area (Å²) < 4.78 is 20.7. The number of aliphatic carboxylic acids is 1. The molecule has 0 aliphatic heterocycles. The van der Waals surface area contributed by atoms with Crippen molar-refractivity contribution in [3.63, 3.8) is 0 Å². The van der Waals surface area contributed by atoms with Crippen molar-refractivity contribution in [2.45, 2.75) is 19.3 Å². The first-order chi connectivity index (χ1) is 17.3. The van der Waals surface area contributed by atoms with Crippen LogP contribution in [-0.2, 0) is 4.79 Å². The van der Waals surface area contributed by atoms with Crippen LogP contribution in [0.15, 0.2) is 78.4 Å². The van der Waals surface area contributed by atoms with Crippen molar-refractivity contribution in [2.24, 2.45) is 0 Å². The minimum Gasteiger partial charge on any atom is -0.478 e. The maximum Gasteiger partial charge on any atom is 0.336 e. The third-order valence-corrected chi connectivity index (χ3v) is 6.20. The van der Waals surface area contributed by atoms with E-state index >= 15 is 0 Å². The van der Waals surface area contributed by atoms with E-state index in [9.17, 15) is 19.1 Å². The molecule has 8 heteroatoms. The van der Waals surface area contributed by atoms with Crippen molar-refractivity contribution < 1.29 is 28.9 Å². The Hall–Kier alpha value is -4.72. The number of imidazole rings is 1. The summed E-state index contributed by atoms with van der Waals surface area (Å²) in [4.78, 5) is 29.8. The lowest BCUT2D eigenvalue weighted by Gasteiger charge is -2.16. The second kappa shape index (κ2) is 9.14. The van der Waals surface area contributed by atoms with Crippen molar-refractivity contribution in [3.05, 3.63) is 101 Å². The van der Waals surface area contributed by atoms with Gasteiger partial charge < -0.3 is 19.9 Å². The molecular formula is C28H21FN2O5. The summed E-state index contributed by atoms with van der Waals surface area (Å²) in [6.07, 6.45) is 5.76. The van der Waals surface area contributed by atoms with Gasteiger partial charge in [-0.3, -0.25) is 0 Å². The number of allylic oxidation sites excluding steroid dienone is 2. The Bertz CT molecular complexity index is 1570. The Balaban J connectivity index is 1.38. The summed E-state index contributed by atoms with van der Waals surface area (Å²) in [5, 5.41) is 18.4. The molecule has 1 aliphatic rings. The molecule has 7 nitrogen and oxygen atoms in total. The van der Waals surface area contributed by atoms with Gasteiger partial charge in [0.2, 0.25) is 0 Å². The third-order valence-electron chi connectivity index (χ3n) is 6.20. The first-order valence-corrected chi connectivity index (χ1v) is 11.2. The van der Waals surface area contributed by atoms with Gasteiger partial charge in [-0.1, -0.05) is 48.6 Å². The monoisotopic (exact) mass is 484 g/mol. The molecule has 0 fully saturated rings. The standard InChI is InChI=1S/C28H21FN2O5/c1-15-2-11-20(12-21(15)27(34)35)36-28-30-24-13-22(23(29)14-25(24)31-28)18-7-3-16(4-8-18)17-5-9-19(10-6-17)26(32)33/h2-5,7-14,17H,6H2,1H3,(H,30,31)(H,32,33)(H,34,35). The number of nitrogens with one attached hydrogen (secondary N) is 1. The van der Waals surface area contributed by atoms with E-state index in [1.807, 2.05) is 30.3 Å². The second-order valence-electron chi connectivity index (χ2n) is 8.56. The Morgan fingerprint density at radius 2 is 1.83 bits per heavy atom. The van der Waals surface area contributed by atoms with Crippen LogP contribution in [0.25, 0.3) is 22.2 Å². The van der Waals surface area contributed by atoms with E-state index in [-0.39, 0.29) is 23.1 Å². The van der Waals surface area contributed by atoms with Crippen molar-refractivity contribution in [2.75, 3.05) is 0 Å². The van der Waals surface area contributed by atoms with Crippen LogP contribution in [0.3, 0.4) is 0 Å². The molecule has 36 heavy (non-hydrogen) atoms. The predicted molar refractivity (Wildman–Crippen MR) is 132 cm³/mol. The average molecular weight is 484 g/mol. The third kappa shape index (κ3) is 4.48. The lowest BCUT2D eigenvalue weighted by molar-refractivity contribution is -0.132. The smallest absolute Gasteiger partial charge is 0.336 e. The van der Waals surface area contributed by atoms with Crippen LogP contribution in [-0.4, -0.2) is 32.1 Å². The number of aromatic carboxylic acids is 1. The number of nitrogens with zero attached hydrogens (tertiary/aromatic N) is 1. The number of carboxylic acid groups (broad SMARTS) is 2. The minimum atomic E-state index is -1.05. The van der Waals surface area contributed by atoms with Gasteiger partial charge in [0, 0.05) is 17.5 Å². The highest BCUT2D eigenvalue weighted by molar-refractivity contribution is 5.90. The molecule has 4 aromatic rings. The van der Waals surface area contributed by atoms with Crippen LogP contribution in [0.1, 0.15) is 33.8 Å². The molecule has 0 amide bonds. The molecule has 0 radical (unpaired) electrons. The van der Waals surface area contributed by atoms with E-state index in [1.54, 1.807) is 37.3 Å². The topological polar surface area (TPSA) is 113 Å². The quantitative estimate of drug-likeness (QED) is 0.299. The van der Waals surface area contributed by atoms with Crippen LogP contribution < -0.4 is 4.74 Å². The van der Waals surface area contributed by atoms with Crippen molar-refractivity contribution >= 4 is 23.0 Å². The zero-order valence-corrected chi connectivity index (χ0v) is 19.2. The second-order valence-corrected chi connectivity index (χ2v) is 8.56. The Morgan fingerprint density at radius 1 is 1.06 bits per heavy atom. The van der Waals surface area contributed by atoms with Gasteiger partial charge in [0.25, 0.3) is 6.01 Å². The number of fused-ring (bicyclic) bond motifs is 1. The zero-order valence-electron chi connectivity index (χ0n) is 19.2. The summed E-state index contributed by atoms with van der Waals surface area (Å²) in [7, 11) is 0. The molecule has 1 heterocycles. The molecule has 1 aliphatic carbocycles. The first kappa shape index (κ1) is 23.0. The number of carboxylic acids is 2. The van der Waals surface area contributed by atoms with Crippen LogP contribution in [0, 0.1) is 12.7 Å². The molecule has 1 atom stereocenters. The number of aromatic amines is 1. The average Bonchev–Trinajstić information content (AvgIpc) is 3.25. The molecule has 1 unspecified atom stereocenters. The summed E-state index contributed by atoms with van der Waals surface area (Å²) in [6, 6.07) is 15.3. The van der Waals surface area contributed by atoms with Gasteiger partial charge in [-0.25, -0.2) is 14.0 Å². The van der Waals surface area contributed by atoms with Crippen molar-refractivity contribution in [3.8, 4) is 22.9 Å². The number of ether oxygens (including phenoxy) is 1. The number of benzene rings is 3. The van der Waals surface area contributed by atoms with E-state index in [4.69, 9.17) is 9.84 Å². The van der Waals surface area contributed by atoms with Gasteiger partial charge in [-0.05, 0) is 48.2 Å². The van der Waals surface area contributed by atoms with E-state index < -0.39 is 17.8 Å². The fourth-order valence-corrected chi connectivity index (χ4v) is 4.22. The molecule has 0 spiro atoms. The summed E-state index contributed by atoms with van der Waals surface area (Å²) >= 11 is 0. The van der Waals surface area contributed by atoms with Gasteiger partial charge in [0.15, 0.2) is 0 Å². The van der Waals surface area contributed by atoms with Crippen LogP contribution in [0.4, 0.5) is 4.39 Å². The summed E-state index contributed by atoms with van der Waals surface area (Å²) in [6.45, 7) is 1.70. The fourth-order valence-electron chi connectivity index (χ4n) is 4.22. The Kier molecular flexibility index (Phi) is 5.85. The number of halogens is 1. The molecule has 180 valence electrons. The highest BCUT2D eigenvalue weighted by Crippen LogP contribution is 2.32. The Morgan fingerprint density at radius 3 is 2.50 bits per heavy atom.